The number of hydrogen-bond acceptors (Lipinski definition) is 11. The first-order chi connectivity index (χ1) is 10.5. The molecule has 2 aliphatic rings. The Morgan fingerprint density at radius 1 is 1.26 bits per heavy atom. The van der Waals surface area contributed by atoms with Gasteiger partial charge in [-0.05, 0) is 0 Å². The number of aliphatic hydroxyl groups excluding tert-OH is 6. The van der Waals surface area contributed by atoms with Gasteiger partial charge in [0.1, 0.15) is 23.3 Å². The molecule has 0 radical (unpaired) electrons. The van der Waals surface area contributed by atoms with Crippen LogP contribution in [0.25, 0.3) is 0 Å². The fraction of sp³-hybridized carbons (Fsp3) is 0.818. The van der Waals surface area contributed by atoms with Crippen LogP contribution in [-0.4, -0.2) is 101 Å². The Labute approximate surface area is 129 Å². The quantitative estimate of drug-likeness (QED) is 0.233. The molecule has 1 heterocycles. The van der Waals surface area contributed by atoms with E-state index in [0.717, 1.165) is 0 Å². The number of guanidine groups is 1. The molecule has 23 heavy (non-hydrogen) atoms. The summed E-state index contributed by atoms with van der Waals surface area (Å²) in [5.74, 6) is -4.21. The summed E-state index contributed by atoms with van der Waals surface area (Å²) in [5, 5.41) is 81.4. The monoisotopic (exact) mass is 337 g/mol. The van der Waals surface area contributed by atoms with Crippen molar-refractivity contribution >= 4 is 11.9 Å². The summed E-state index contributed by atoms with van der Waals surface area (Å²) < 4.78 is 0. The maximum atomic E-state index is 11.2. The summed E-state index contributed by atoms with van der Waals surface area (Å²) in [7, 11) is 0. The number of nitrogens with two attached hydrogens (primary N) is 1. The van der Waals surface area contributed by atoms with Crippen LogP contribution in [0.4, 0.5) is 0 Å². The number of rotatable bonds is 3. The number of hydrogen-bond donors (Lipinski definition) is 10. The van der Waals surface area contributed by atoms with Crippen molar-refractivity contribution in [3.05, 3.63) is 0 Å². The molecule has 1 fully saturated rings. The lowest BCUT2D eigenvalue weighted by atomic mass is 9.58. The van der Waals surface area contributed by atoms with Crippen molar-refractivity contribution in [1.82, 2.24) is 5.32 Å². The minimum Gasteiger partial charge on any atom is -0.479 e. The predicted octanol–water partition coefficient (Wildman–Crippen LogP) is -6.16. The van der Waals surface area contributed by atoms with E-state index < -0.39 is 66.2 Å². The fourth-order valence-corrected chi connectivity index (χ4v) is 3.33. The highest BCUT2D eigenvalue weighted by atomic mass is 16.4. The van der Waals surface area contributed by atoms with Gasteiger partial charge < -0.3 is 51.9 Å². The third-order valence-corrected chi connectivity index (χ3v) is 4.58. The van der Waals surface area contributed by atoms with E-state index in [2.05, 4.69) is 10.3 Å². The molecule has 0 spiro atoms. The number of carboxylic acid groups (broad SMARTS) is 1. The number of nitrogens with zero attached hydrogens (tertiary/aromatic N) is 1. The van der Waals surface area contributed by atoms with E-state index in [4.69, 9.17) is 10.8 Å². The first-order valence-corrected chi connectivity index (χ1v) is 6.61. The number of carboxylic acids is 1. The molecule has 1 saturated carbocycles. The predicted molar refractivity (Wildman–Crippen MR) is 70.7 cm³/mol. The van der Waals surface area contributed by atoms with Gasteiger partial charge in [-0.25, -0.2) is 9.79 Å². The Balaban J connectivity index is 2.68. The molecule has 2 rings (SSSR count). The molecule has 0 bridgehead atoms. The SMILES string of the molecule is NC1=N[C@H](O)[C@H]2[C@H](O)[C@](O)(CO)[C@H](O)[C@H](O)C2([C@H](O)C(=O)O)N1. The van der Waals surface area contributed by atoms with Gasteiger partial charge >= 0.3 is 5.97 Å². The first-order valence-electron chi connectivity index (χ1n) is 6.61. The molecule has 0 aromatic rings. The Morgan fingerprint density at radius 3 is 2.30 bits per heavy atom. The van der Waals surface area contributed by atoms with E-state index in [1.54, 1.807) is 0 Å². The van der Waals surface area contributed by atoms with E-state index in [0.29, 0.717) is 0 Å². The lowest BCUT2D eigenvalue weighted by Gasteiger charge is -2.59. The lowest BCUT2D eigenvalue weighted by Crippen LogP contribution is -2.85. The molecule has 12 nitrogen and oxygen atoms in total. The van der Waals surface area contributed by atoms with Crippen molar-refractivity contribution in [2.75, 3.05) is 6.61 Å². The highest BCUT2D eigenvalue weighted by Gasteiger charge is 2.71. The molecule has 1 aliphatic carbocycles. The second-order valence-electron chi connectivity index (χ2n) is 5.74. The number of aliphatic hydroxyl groups is 7. The van der Waals surface area contributed by atoms with Crippen LogP contribution in [-0.2, 0) is 4.79 Å². The topological polar surface area (TPSA) is 229 Å². The lowest BCUT2D eigenvalue weighted by molar-refractivity contribution is -0.284. The average Bonchev–Trinajstić information content (AvgIpc) is 2.48. The fourth-order valence-electron chi connectivity index (χ4n) is 3.33. The minimum absolute atomic E-state index is 0.554. The van der Waals surface area contributed by atoms with Crippen molar-refractivity contribution < 1.29 is 45.6 Å². The van der Waals surface area contributed by atoms with Crippen molar-refractivity contribution in [3.63, 3.8) is 0 Å². The zero-order valence-corrected chi connectivity index (χ0v) is 11.7. The molecule has 1 unspecified atom stereocenters. The van der Waals surface area contributed by atoms with Gasteiger partial charge in [0.25, 0.3) is 0 Å². The summed E-state index contributed by atoms with van der Waals surface area (Å²) in [6.45, 7) is -1.21. The number of fused-ring (bicyclic) bond motifs is 1. The normalized spacial score (nSPS) is 48.0. The van der Waals surface area contributed by atoms with Crippen LogP contribution in [0.2, 0.25) is 0 Å². The summed E-state index contributed by atoms with van der Waals surface area (Å²) in [4.78, 5) is 14.7. The Hall–Kier alpha value is -1.54. The highest BCUT2D eigenvalue weighted by Crippen LogP contribution is 2.45. The number of aliphatic carboxylic acids is 1. The van der Waals surface area contributed by atoms with Gasteiger partial charge in [0.2, 0.25) is 0 Å². The van der Waals surface area contributed by atoms with Crippen LogP contribution in [0, 0.1) is 5.92 Å². The van der Waals surface area contributed by atoms with E-state index in [1.165, 1.54) is 0 Å². The zero-order valence-electron chi connectivity index (χ0n) is 11.7. The van der Waals surface area contributed by atoms with Gasteiger partial charge in [-0.3, -0.25) is 0 Å². The number of nitrogens with one attached hydrogen (secondary N) is 1. The van der Waals surface area contributed by atoms with E-state index in [9.17, 15) is 40.5 Å². The van der Waals surface area contributed by atoms with Crippen molar-refractivity contribution in [2.24, 2.45) is 16.6 Å². The molecule has 12 heteroatoms. The molecule has 132 valence electrons. The van der Waals surface area contributed by atoms with Crippen LogP contribution in [0.3, 0.4) is 0 Å². The molecular formula is C11H19N3O9. The van der Waals surface area contributed by atoms with Gasteiger partial charge in [0.05, 0.1) is 18.6 Å². The third-order valence-electron chi connectivity index (χ3n) is 4.58. The van der Waals surface area contributed by atoms with Crippen molar-refractivity contribution in [3.8, 4) is 0 Å². The van der Waals surface area contributed by atoms with Crippen LogP contribution in [0.5, 0.6) is 0 Å². The van der Waals surface area contributed by atoms with E-state index in [1.807, 2.05) is 0 Å². The standard InChI is InChI=1S/C11H19N3O9/c12-9-13-7(20)2-3(16)10(23,1-15)4(17)5(18)11(2,14-9)6(19)8(21)22/h2-7,15-20,23H,1H2,(H,21,22)(H3,12,13,14)/t2-,3+,4-,5+,6-,7-,10-,11?/m1/s1. The molecule has 1 aliphatic heterocycles. The van der Waals surface area contributed by atoms with Gasteiger partial charge in [0.15, 0.2) is 18.3 Å². The third kappa shape index (κ3) is 2.19. The van der Waals surface area contributed by atoms with Gasteiger partial charge in [-0.2, -0.15) is 0 Å². The first kappa shape index (κ1) is 17.8. The summed E-state index contributed by atoms with van der Waals surface area (Å²) in [6, 6.07) is 0. The van der Waals surface area contributed by atoms with Gasteiger partial charge in [-0.15, -0.1) is 0 Å². The average molecular weight is 337 g/mol. The van der Waals surface area contributed by atoms with Gasteiger partial charge in [0, 0.05) is 0 Å². The van der Waals surface area contributed by atoms with Crippen molar-refractivity contribution in [1.29, 1.82) is 0 Å². The molecule has 0 aromatic carbocycles. The van der Waals surface area contributed by atoms with Crippen LogP contribution < -0.4 is 11.1 Å². The van der Waals surface area contributed by atoms with Crippen LogP contribution >= 0.6 is 0 Å². The maximum absolute atomic E-state index is 11.2. The molecule has 11 N–H and O–H groups in total. The maximum Gasteiger partial charge on any atom is 0.335 e. The molecule has 0 amide bonds. The molecular weight excluding hydrogens is 318 g/mol. The largest absolute Gasteiger partial charge is 0.479 e. The Bertz CT molecular complexity index is 531. The highest BCUT2D eigenvalue weighted by molar-refractivity contribution is 5.83. The number of carbonyl (C=O) groups is 1. The Kier molecular flexibility index (Phi) is 4.28. The Morgan fingerprint density at radius 2 is 1.83 bits per heavy atom. The smallest absolute Gasteiger partial charge is 0.335 e. The number of aliphatic imine (C=N–C) groups is 1. The molecule has 8 atom stereocenters. The molecule has 0 saturated heterocycles. The van der Waals surface area contributed by atoms with Crippen LogP contribution in [0.15, 0.2) is 4.99 Å². The second-order valence-corrected chi connectivity index (χ2v) is 5.74. The van der Waals surface area contributed by atoms with E-state index in [-0.39, 0.29) is 0 Å². The molecule has 0 aromatic heterocycles. The summed E-state index contributed by atoms with van der Waals surface area (Å²) in [5.41, 5.74) is 0.252. The second kappa shape index (κ2) is 5.52. The summed E-state index contributed by atoms with van der Waals surface area (Å²) >= 11 is 0. The zero-order chi connectivity index (χ0) is 17.7. The van der Waals surface area contributed by atoms with Crippen molar-refractivity contribution in [2.45, 2.75) is 41.8 Å². The minimum atomic E-state index is -2.68. The van der Waals surface area contributed by atoms with E-state index >= 15 is 0 Å². The summed E-state index contributed by atoms with van der Waals surface area (Å²) in [6.07, 6.45) is -11.0. The van der Waals surface area contributed by atoms with Crippen LogP contribution in [0.1, 0.15) is 0 Å². The van der Waals surface area contributed by atoms with Gasteiger partial charge in [-0.1, -0.05) is 0 Å².